The third-order valence-electron chi connectivity index (χ3n) is 1.52. The maximum absolute atomic E-state index is 10.7. The van der Waals surface area contributed by atoms with E-state index in [1.807, 2.05) is 0 Å². The van der Waals surface area contributed by atoms with E-state index in [-0.39, 0.29) is 0 Å². The van der Waals surface area contributed by atoms with Crippen molar-refractivity contribution >= 4 is 21.0 Å². The van der Waals surface area contributed by atoms with E-state index in [1.54, 1.807) is 0 Å². The molecule has 3 nitrogen and oxygen atoms in total. The Balaban J connectivity index is 0.000000249. The van der Waals surface area contributed by atoms with E-state index < -0.39 is 15.6 Å². The molecule has 0 N–H and O–H groups in total. The lowest BCUT2D eigenvalue weighted by atomic mass is 10.4. The summed E-state index contributed by atoms with van der Waals surface area (Å²) in [5.41, 5.74) is -5.65. The molecular weight excluding hydrogens is 241 g/mol. The summed E-state index contributed by atoms with van der Waals surface area (Å²) in [5, 5.41) is 0. The molecule has 1 fully saturated rings. The second-order valence-corrected chi connectivity index (χ2v) is 6.55. The van der Waals surface area contributed by atoms with Crippen molar-refractivity contribution < 1.29 is 26.1 Å². The van der Waals surface area contributed by atoms with Crippen LogP contribution >= 0.6 is 0 Å². The van der Waals surface area contributed by atoms with Crippen molar-refractivity contribution in [3.05, 3.63) is 0 Å². The highest BCUT2D eigenvalue weighted by molar-refractivity contribution is 7.96. The second-order valence-electron chi connectivity index (χ2n) is 2.80. The molecule has 0 unspecified atom stereocenters. The summed E-state index contributed by atoms with van der Waals surface area (Å²) in [5.74, 6) is 3.03. The summed E-state index contributed by atoms with van der Waals surface area (Å²) in [7, 11) is -5.26. The maximum Gasteiger partial charge on any atom is 0.485 e. The molecule has 0 aromatic rings. The first-order valence-corrected chi connectivity index (χ1v) is 7.14. The molecule has 1 heterocycles. The monoisotopic (exact) mass is 252 g/mol. The van der Waals surface area contributed by atoms with Gasteiger partial charge in [-0.3, -0.25) is 0 Å². The van der Waals surface area contributed by atoms with E-state index in [2.05, 4.69) is 6.26 Å². The smallest absolute Gasteiger partial charge is 0.485 e. The minimum absolute atomic E-state index is 0.827. The van der Waals surface area contributed by atoms with Gasteiger partial charge in [0.05, 0.1) is 6.26 Å². The predicted molar refractivity (Wildman–Crippen MR) is 48.0 cm³/mol. The van der Waals surface area contributed by atoms with Crippen molar-refractivity contribution in [2.24, 2.45) is 0 Å². The highest BCUT2D eigenvalue weighted by Crippen LogP contribution is 2.20. The molecule has 1 rings (SSSR count). The summed E-state index contributed by atoms with van der Waals surface area (Å²) >= 11 is 0. The highest BCUT2D eigenvalue weighted by Gasteiger charge is 2.36. The van der Waals surface area contributed by atoms with Gasteiger partial charge >= 0.3 is 5.51 Å². The van der Waals surface area contributed by atoms with Gasteiger partial charge in [-0.2, -0.15) is 13.2 Å². The van der Waals surface area contributed by atoms with Gasteiger partial charge in [-0.1, -0.05) is 0 Å². The van der Waals surface area contributed by atoms with Gasteiger partial charge in [0.2, 0.25) is 0 Å². The predicted octanol–water partition coefficient (Wildman–Crippen LogP) is 1.08. The van der Waals surface area contributed by atoms with Crippen LogP contribution in [0.2, 0.25) is 0 Å². The lowest BCUT2D eigenvalue weighted by Crippen LogP contribution is -2.21. The van der Waals surface area contributed by atoms with Crippen LogP contribution in [0.15, 0.2) is 0 Å². The number of halogens is 3. The van der Waals surface area contributed by atoms with Crippen molar-refractivity contribution in [3.63, 3.8) is 0 Å². The Bertz CT molecular complexity index is 254. The molecule has 0 aliphatic carbocycles. The van der Waals surface area contributed by atoms with Crippen molar-refractivity contribution in [1.29, 1.82) is 0 Å². The van der Waals surface area contributed by atoms with E-state index in [4.69, 9.17) is 13.0 Å². The summed E-state index contributed by atoms with van der Waals surface area (Å²) in [6.45, 7) is 0. The first kappa shape index (κ1) is 14.1. The third-order valence-corrected chi connectivity index (χ3v) is 4.06. The standard InChI is InChI=1S/C5H11S.CHF3O3S/c1-6-4-2-3-5-6;2-1(3,4)8(5,6)7/h2-5H2,1H3;(H,5,6,7)/q+1;/p-1. The zero-order valence-electron chi connectivity index (χ0n) is 7.50. The molecule has 1 saturated heterocycles. The Hall–Kier alpha value is 0.0500. The summed E-state index contributed by atoms with van der Waals surface area (Å²) in [6.07, 6.45) is 5.37. The normalized spacial score (nSPS) is 18.9. The van der Waals surface area contributed by atoms with Crippen molar-refractivity contribution in [2.75, 3.05) is 17.8 Å². The van der Waals surface area contributed by atoms with Gasteiger partial charge in [0, 0.05) is 0 Å². The van der Waals surface area contributed by atoms with Gasteiger partial charge in [-0.15, -0.1) is 0 Å². The fraction of sp³-hybridized carbons (Fsp3) is 1.00. The van der Waals surface area contributed by atoms with Crippen LogP contribution in [0.25, 0.3) is 0 Å². The Morgan fingerprint density at radius 3 is 1.57 bits per heavy atom. The SMILES string of the molecule is C[S+]1CCCC1.O=S(=O)([O-])C(F)(F)F. The molecule has 0 radical (unpaired) electrons. The molecule has 1 aliphatic heterocycles. The molecule has 0 aromatic heterocycles. The van der Waals surface area contributed by atoms with Crippen LogP contribution in [0.4, 0.5) is 13.2 Å². The first-order chi connectivity index (χ1) is 6.14. The number of hydrogen-bond donors (Lipinski definition) is 0. The fourth-order valence-corrected chi connectivity index (χ4v) is 2.40. The fourth-order valence-electron chi connectivity index (χ4n) is 0.799. The zero-order chi connectivity index (χ0) is 11.4. The molecule has 1 aliphatic rings. The summed E-state index contributed by atoms with van der Waals surface area (Å²) < 4.78 is 58.9. The molecule has 0 bridgehead atoms. The topological polar surface area (TPSA) is 57.2 Å². The number of rotatable bonds is 0. The quantitative estimate of drug-likeness (QED) is 0.368. The highest BCUT2D eigenvalue weighted by atomic mass is 32.2. The van der Waals surface area contributed by atoms with Crippen LogP contribution in [-0.4, -0.2) is 36.2 Å². The van der Waals surface area contributed by atoms with E-state index >= 15 is 0 Å². The van der Waals surface area contributed by atoms with Crippen LogP contribution in [-0.2, 0) is 21.0 Å². The largest absolute Gasteiger partial charge is 0.741 e. The van der Waals surface area contributed by atoms with E-state index in [9.17, 15) is 13.2 Å². The molecule has 0 atom stereocenters. The zero-order valence-corrected chi connectivity index (χ0v) is 9.14. The molecule has 8 heteroatoms. The van der Waals surface area contributed by atoms with Crippen LogP contribution in [0, 0.1) is 0 Å². The Labute approximate surface area is 83.8 Å². The van der Waals surface area contributed by atoms with E-state index in [0.717, 1.165) is 10.9 Å². The molecule has 0 aromatic carbocycles. The van der Waals surface area contributed by atoms with E-state index in [1.165, 1.54) is 24.3 Å². The lowest BCUT2D eigenvalue weighted by molar-refractivity contribution is -0.0517. The van der Waals surface area contributed by atoms with Gasteiger partial charge in [-0.25, -0.2) is 8.42 Å². The average molecular weight is 252 g/mol. The molecule has 14 heavy (non-hydrogen) atoms. The molecule has 86 valence electrons. The number of alkyl halides is 3. The van der Waals surface area contributed by atoms with Gasteiger partial charge in [0.15, 0.2) is 10.1 Å². The average Bonchev–Trinajstić information content (AvgIpc) is 2.35. The Kier molecular flexibility index (Phi) is 5.24. The Morgan fingerprint density at radius 2 is 1.50 bits per heavy atom. The van der Waals surface area contributed by atoms with Crippen molar-refractivity contribution in [1.82, 2.24) is 0 Å². The van der Waals surface area contributed by atoms with Gasteiger partial charge in [0.25, 0.3) is 0 Å². The minimum atomic E-state index is -6.09. The number of hydrogen-bond acceptors (Lipinski definition) is 3. The van der Waals surface area contributed by atoms with Crippen molar-refractivity contribution in [3.8, 4) is 0 Å². The van der Waals surface area contributed by atoms with Gasteiger partial charge < -0.3 is 4.55 Å². The first-order valence-electron chi connectivity index (χ1n) is 3.76. The molecule has 0 amide bonds. The summed E-state index contributed by atoms with van der Waals surface area (Å²) in [6, 6.07) is 0. The maximum atomic E-state index is 10.7. The minimum Gasteiger partial charge on any atom is -0.741 e. The van der Waals surface area contributed by atoms with E-state index in [0.29, 0.717) is 0 Å². The lowest BCUT2D eigenvalue weighted by Gasteiger charge is -2.08. The Morgan fingerprint density at radius 1 is 1.21 bits per heavy atom. The van der Waals surface area contributed by atoms with Gasteiger partial charge in [0.1, 0.15) is 11.5 Å². The van der Waals surface area contributed by atoms with Crippen LogP contribution in [0.1, 0.15) is 12.8 Å². The molecule has 0 spiro atoms. The van der Waals surface area contributed by atoms with Crippen LogP contribution in [0.5, 0.6) is 0 Å². The summed E-state index contributed by atoms with van der Waals surface area (Å²) in [4.78, 5) is 0. The van der Waals surface area contributed by atoms with Gasteiger partial charge in [-0.05, 0) is 23.7 Å². The van der Waals surface area contributed by atoms with Crippen LogP contribution in [0.3, 0.4) is 0 Å². The molecule has 0 saturated carbocycles. The third kappa shape index (κ3) is 5.71. The second kappa shape index (κ2) is 5.22. The van der Waals surface area contributed by atoms with Crippen molar-refractivity contribution in [2.45, 2.75) is 18.3 Å². The molecular formula is C6H11F3O3S2. The van der Waals surface area contributed by atoms with Crippen LogP contribution < -0.4 is 0 Å².